The van der Waals surface area contributed by atoms with Crippen LogP contribution in [0.4, 0.5) is 0 Å². The molecule has 0 atom stereocenters. The van der Waals surface area contributed by atoms with Crippen LogP contribution >= 0.6 is 0 Å². The van der Waals surface area contributed by atoms with Crippen LogP contribution in [-0.2, 0) is 12.8 Å². The van der Waals surface area contributed by atoms with Gasteiger partial charge in [0.1, 0.15) is 5.82 Å². The molecule has 3 nitrogen and oxygen atoms in total. The summed E-state index contributed by atoms with van der Waals surface area (Å²) in [7, 11) is 0. The maximum atomic E-state index is 5.70. The third-order valence-corrected chi connectivity index (χ3v) is 6.14. The molecule has 3 N–H and O–H groups in total. The number of aromatic amines is 1. The molecule has 4 fully saturated rings. The number of hydrogen-bond acceptors (Lipinski definition) is 2. The minimum atomic E-state index is 0.692. The Bertz CT molecular complexity index is 462. The largest absolute Gasteiger partial charge is 0.346 e. The first kappa shape index (κ1) is 12.9. The molecule has 0 aliphatic heterocycles. The number of imidazole rings is 1. The van der Waals surface area contributed by atoms with Gasteiger partial charge in [-0.1, -0.05) is 6.92 Å². The molecule has 0 radical (unpaired) electrons. The van der Waals surface area contributed by atoms with E-state index in [1.54, 1.807) is 0 Å². The summed E-state index contributed by atoms with van der Waals surface area (Å²) in [5, 5.41) is 0. The summed E-state index contributed by atoms with van der Waals surface area (Å²) in [4.78, 5) is 8.53. The van der Waals surface area contributed by atoms with Crippen LogP contribution in [0.15, 0.2) is 0 Å². The molecule has 1 aromatic rings. The number of nitrogens with one attached hydrogen (secondary N) is 1. The van der Waals surface area contributed by atoms with Crippen LogP contribution in [0.5, 0.6) is 0 Å². The number of nitrogens with zero attached hydrogens (tertiary/aromatic N) is 1. The van der Waals surface area contributed by atoms with Crippen LogP contribution in [0.2, 0.25) is 0 Å². The maximum Gasteiger partial charge on any atom is 0.107 e. The fraction of sp³-hybridized carbons (Fsp3) is 0.824. The summed E-state index contributed by atoms with van der Waals surface area (Å²) in [6.07, 6.45) is 9.38. The fourth-order valence-corrected chi connectivity index (χ4v) is 5.65. The Morgan fingerprint density at radius 3 is 2.30 bits per heavy atom. The van der Waals surface area contributed by atoms with E-state index in [0.717, 1.165) is 48.3 Å². The van der Waals surface area contributed by atoms with Gasteiger partial charge in [0, 0.05) is 18.0 Å². The fourth-order valence-electron chi connectivity index (χ4n) is 5.65. The summed E-state index contributed by atoms with van der Waals surface area (Å²) in [6.45, 7) is 2.94. The van der Waals surface area contributed by atoms with E-state index in [-0.39, 0.29) is 0 Å². The van der Waals surface area contributed by atoms with E-state index in [1.807, 2.05) is 0 Å². The van der Waals surface area contributed by atoms with Crippen molar-refractivity contribution in [2.24, 2.45) is 29.4 Å². The lowest BCUT2D eigenvalue weighted by Crippen LogP contribution is -2.44. The summed E-state index contributed by atoms with van der Waals surface area (Å²) in [5.41, 5.74) is 8.51. The minimum Gasteiger partial charge on any atom is -0.346 e. The second-order valence-electron chi connectivity index (χ2n) is 7.40. The van der Waals surface area contributed by atoms with Crippen LogP contribution in [0.1, 0.15) is 62.2 Å². The highest BCUT2D eigenvalue weighted by Gasteiger charge is 2.49. The molecule has 5 rings (SSSR count). The van der Waals surface area contributed by atoms with Crippen LogP contribution in [0.25, 0.3) is 0 Å². The molecule has 20 heavy (non-hydrogen) atoms. The first-order valence-electron chi connectivity index (χ1n) is 8.56. The Hall–Kier alpha value is -0.830. The normalized spacial score (nSPS) is 38.6. The van der Waals surface area contributed by atoms with Crippen molar-refractivity contribution in [1.82, 2.24) is 9.97 Å². The van der Waals surface area contributed by atoms with Crippen LogP contribution < -0.4 is 5.73 Å². The van der Waals surface area contributed by atoms with Gasteiger partial charge < -0.3 is 10.7 Å². The van der Waals surface area contributed by atoms with E-state index in [4.69, 9.17) is 10.7 Å². The first-order valence-corrected chi connectivity index (χ1v) is 8.56. The maximum absolute atomic E-state index is 5.70. The van der Waals surface area contributed by atoms with Gasteiger partial charge in [-0.25, -0.2) is 4.98 Å². The van der Waals surface area contributed by atoms with Crippen molar-refractivity contribution in [3.8, 4) is 0 Å². The average Bonchev–Trinajstić information content (AvgIpc) is 2.81. The molecule has 0 aromatic carbocycles. The SMILES string of the molecule is CCc1[nH]c(CCN)nc1C1C2CC3CC(C2)CC1C3. The van der Waals surface area contributed by atoms with Gasteiger partial charge in [-0.05, 0) is 68.7 Å². The Kier molecular flexibility index (Phi) is 3.13. The highest BCUT2D eigenvalue weighted by molar-refractivity contribution is 5.24. The number of H-pyrrole nitrogens is 1. The predicted octanol–water partition coefficient (Wildman–Crippen LogP) is 3.01. The van der Waals surface area contributed by atoms with Gasteiger partial charge >= 0.3 is 0 Å². The monoisotopic (exact) mass is 273 g/mol. The van der Waals surface area contributed by atoms with E-state index in [0.29, 0.717) is 6.54 Å². The Balaban J connectivity index is 1.66. The molecule has 0 spiro atoms. The first-order chi connectivity index (χ1) is 9.78. The van der Waals surface area contributed by atoms with E-state index in [2.05, 4.69) is 11.9 Å². The number of aryl methyl sites for hydroxylation is 1. The number of rotatable bonds is 4. The molecule has 110 valence electrons. The van der Waals surface area contributed by atoms with E-state index in [1.165, 1.54) is 43.5 Å². The molecule has 4 saturated carbocycles. The minimum absolute atomic E-state index is 0.692. The summed E-state index contributed by atoms with van der Waals surface area (Å²) < 4.78 is 0. The molecule has 4 aliphatic carbocycles. The van der Waals surface area contributed by atoms with E-state index in [9.17, 15) is 0 Å². The predicted molar refractivity (Wildman–Crippen MR) is 80.5 cm³/mol. The van der Waals surface area contributed by atoms with E-state index < -0.39 is 0 Å². The third-order valence-electron chi connectivity index (χ3n) is 6.14. The molecule has 4 aliphatic rings. The zero-order valence-electron chi connectivity index (χ0n) is 12.6. The van der Waals surface area contributed by atoms with Crippen LogP contribution in [-0.4, -0.2) is 16.5 Å². The Morgan fingerprint density at radius 1 is 1.10 bits per heavy atom. The zero-order chi connectivity index (χ0) is 13.7. The lowest BCUT2D eigenvalue weighted by molar-refractivity contribution is -0.00433. The van der Waals surface area contributed by atoms with Crippen molar-refractivity contribution in [2.75, 3.05) is 6.54 Å². The van der Waals surface area contributed by atoms with Crippen LogP contribution in [0.3, 0.4) is 0 Å². The van der Waals surface area contributed by atoms with Gasteiger partial charge in [-0.2, -0.15) is 0 Å². The van der Waals surface area contributed by atoms with Gasteiger partial charge in [-0.3, -0.25) is 0 Å². The molecule has 3 heteroatoms. The zero-order valence-corrected chi connectivity index (χ0v) is 12.6. The third kappa shape index (κ3) is 1.93. The Labute approximate surface area is 121 Å². The topological polar surface area (TPSA) is 54.7 Å². The van der Waals surface area contributed by atoms with Gasteiger partial charge in [0.15, 0.2) is 0 Å². The number of hydrogen-bond donors (Lipinski definition) is 2. The van der Waals surface area contributed by atoms with Crippen molar-refractivity contribution in [1.29, 1.82) is 0 Å². The molecule has 0 unspecified atom stereocenters. The molecule has 0 amide bonds. The number of aromatic nitrogens is 2. The lowest BCUT2D eigenvalue weighted by atomic mass is 9.51. The second kappa shape index (κ2) is 4.87. The molecule has 4 bridgehead atoms. The highest BCUT2D eigenvalue weighted by atomic mass is 14.9. The van der Waals surface area contributed by atoms with Gasteiger partial charge in [0.05, 0.1) is 5.69 Å². The van der Waals surface area contributed by atoms with E-state index >= 15 is 0 Å². The van der Waals surface area contributed by atoms with Crippen molar-refractivity contribution in [3.05, 3.63) is 17.2 Å². The van der Waals surface area contributed by atoms with Crippen molar-refractivity contribution < 1.29 is 0 Å². The smallest absolute Gasteiger partial charge is 0.107 e. The second-order valence-corrected chi connectivity index (χ2v) is 7.40. The van der Waals surface area contributed by atoms with Gasteiger partial charge in [-0.15, -0.1) is 0 Å². The molecule has 0 saturated heterocycles. The lowest BCUT2D eigenvalue weighted by Gasteiger charge is -2.54. The summed E-state index contributed by atoms with van der Waals surface area (Å²) in [6, 6.07) is 0. The van der Waals surface area contributed by atoms with Gasteiger partial charge in [0.25, 0.3) is 0 Å². The van der Waals surface area contributed by atoms with Crippen molar-refractivity contribution in [2.45, 2.75) is 57.8 Å². The van der Waals surface area contributed by atoms with Crippen LogP contribution in [0, 0.1) is 23.7 Å². The number of nitrogens with two attached hydrogens (primary N) is 1. The molecular weight excluding hydrogens is 246 g/mol. The standard InChI is InChI=1S/C17H27N3/c1-2-14-17(20-15(19-14)3-4-18)16-12-6-10-5-11(8-12)9-13(16)7-10/h10-13,16H,2-9,18H2,1H3,(H,19,20). The quantitative estimate of drug-likeness (QED) is 0.886. The highest BCUT2D eigenvalue weighted by Crippen LogP contribution is 2.59. The molecule has 1 aromatic heterocycles. The summed E-state index contributed by atoms with van der Waals surface area (Å²) in [5.74, 6) is 5.80. The van der Waals surface area contributed by atoms with Crippen molar-refractivity contribution >= 4 is 0 Å². The van der Waals surface area contributed by atoms with Crippen molar-refractivity contribution in [3.63, 3.8) is 0 Å². The van der Waals surface area contributed by atoms with Gasteiger partial charge in [0.2, 0.25) is 0 Å². The Morgan fingerprint density at radius 2 is 1.75 bits per heavy atom. The summed E-state index contributed by atoms with van der Waals surface area (Å²) >= 11 is 0. The average molecular weight is 273 g/mol. The molecule has 1 heterocycles. The molecular formula is C17H27N3.